The monoisotopic (exact) mass is 394 g/mol. The molecule has 0 atom stereocenters. The lowest BCUT2D eigenvalue weighted by Gasteiger charge is -2.11. The summed E-state index contributed by atoms with van der Waals surface area (Å²) in [4.78, 5) is 16.0. The summed E-state index contributed by atoms with van der Waals surface area (Å²) in [6.07, 6.45) is -4.49. The molecule has 0 aliphatic carbocycles. The van der Waals surface area contributed by atoms with Gasteiger partial charge in [0.25, 0.3) is 5.91 Å². The lowest BCUT2D eigenvalue weighted by Crippen LogP contribution is -2.15. The third-order valence-corrected chi connectivity index (χ3v) is 4.83. The summed E-state index contributed by atoms with van der Waals surface area (Å²) in [6, 6.07) is 9.09. The van der Waals surface area contributed by atoms with E-state index >= 15 is 0 Å². The van der Waals surface area contributed by atoms with Gasteiger partial charge in [-0.1, -0.05) is 12.1 Å². The fraction of sp³-hybridized carbons (Fsp3) is 0.158. The number of nitrogens with one attached hydrogen (secondary N) is 1. The standard InChI is InChI=1S/C19H14F4N2OS/c1-10-4-3-5-14(20)16(10)17(26)24-12-6-7-13(11(2)8-12)18-25-15(9-27-18)19(21,22)23/h3-9H,1-2H3,(H,24,26). The lowest BCUT2D eigenvalue weighted by molar-refractivity contribution is -0.140. The van der Waals surface area contributed by atoms with Crippen molar-refractivity contribution in [3.05, 3.63) is 70.0 Å². The SMILES string of the molecule is Cc1cc(NC(=O)c2c(C)cccc2F)ccc1-c1nc(C(F)(F)F)cs1. The Morgan fingerprint density at radius 1 is 1.11 bits per heavy atom. The van der Waals surface area contributed by atoms with Gasteiger partial charge in [0.1, 0.15) is 10.8 Å². The molecule has 0 unspecified atom stereocenters. The molecule has 2 aromatic carbocycles. The summed E-state index contributed by atoms with van der Waals surface area (Å²) in [7, 11) is 0. The Hall–Kier alpha value is -2.74. The molecule has 0 fully saturated rings. The highest BCUT2D eigenvalue weighted by atomic mass is 32.1. The Bertz CT molecular complexity index is 991. The first kappa shape index (κ1) is 19.0. The molecule has 1 amide bonds. The number of halogens is 4. The summed E-state index contributed by atoms with van der Waals surface area (Å²) >= 11 is 0.896. The minimum absolute atomic E-state index is 0.0472. The predicted octanol–water partition coefficient (Wildman–Crippen LogP) is 5.84. The van der Waals surface area contributed by atoms with Gasteiger partial charge in [0.2, 0.25) is 0 Å². The number of aromatic nitrogens is 1. The summed E-state index contributed by atoms with van der Waals surface area (Å²) in [5, 5.41) is 3.82. The average Bonchev–Trinajstić information content (AvgIpc) is 3.04. The minimum Gasteiger partial charge on any atom is -0.322 e. The molecule has 0 bridgehead atoms. The van der Waals surface area contributed by atoms with Crippen molar-refractivity contribution in [3.63, 3.8) is 0 Å². The van der Waals surface area contributed by atoms with Crippen molar-refractivity contribution in [3.8, 4) is 10.6 Å². The van der Waals surface area contributed by atoms with Crippen LogP contribution in [0.15, 0.2) is 41.8 Å². The van der Waals surface area contributed by atoms with E-state index in [-0.39, 0.29) is 10.6 Å². The van der Waals surface area contributed by atoms with Crippen molar-refractivity contribution in [2.24, 2.45) is 0 Å². The molecule has 1 heterocycles. The quantitative estimate of drug-likeness (QED) is 0.567. The first-order valence-electron chi connectivity index (χ1n) is 7.87. The van der Waals surface area contributed by atoms with E-state index in [1.807, 2.05) is 0 Å². The van der Waals surface area contributed by atoms with Gasteiger partial charge in [-0.25, -0.2) is 9.37 Å². The van der Waals surface area contributed by atoms with Crippen LogP contribution in [0.5, 0.6) is 0 Å². The average molecular weight is 394 g/mol. The normalized spacial score (nSPS) is 11.5. The molecular formula is C19H14F4N2OS. The summed E-state index contributed by atoms with van der Waals surface area (Å²) in [6.45, 7) is 3.33. The minimum atomic E-state index is -4.49. The molecule has 3 nitrogen and oxygen atoms in total. The maximum Gasteiger partial charge on any atom is 0.434 e. The van der Waals surface area contributed by atoms with Crippen LogP contribution >= 0.6 is 11.3 Å². The number of hydrogen-bond acceptors (Lipinski definition) is 3. The second-order valence-electron chi connectivity index (χ2n) is 5.95. The van der Waals surface area contributed by atoms with Gasteiger partial charge < -0.3 is 5.32 Å². The number of alkyl halides is 3. The van der Waals surface area contributed by atoms with E-state index in [1.165, 1.54) is 12.1 Å². The zero-order chi connectivity index (χ0) is 19.8. The van der Waals surface area contributed by atoms with Crippen LogP contribution in [0.2, 0.25) is 0 Å². The van der Waals surface area contributed by atoms with Gasteiger partial charge in [-0.15, -0.1) is 11.3 Å². The molecule has 140 valence electrons. The van der Waals surface area contributed by atoms with Gasteiger partial charge in [0.05, 0.1) is 5.56 Å². The first-order chi connectivity index (χ1) is 12.7. The van der Waals surface area contributed by atoms with Crippen molar-refractivity contribution in [1.82, 2.24) is 4.98 Å². The molecule has 3 rings (SSSR count). The van der Waals surface area contributed by atoms with Crippen molar-refractivity contribution in [2.45, 2.75) is 20.0 Å². The number of amides is 1. The van der Waals surface area contributed by atoms with Crippen LogP contribution in [0.1, 0.15) is 27.2 Å². The zero-order valence-electron chi connectivity index (χ0n) is 14.3. The Morgan fingerprint density at radius 2 is 1.85 bits per heavy atom. The van der Waals surface area contributed by atoms with Crippen LogP contribution < -0.4 is 5.32 Å². The Morgan fingerprint density at radius 3 is 2.44 bits per heavy atom. The van der Waals surface area contributed by atoms with Gasteiger partial charge >= 0.3 is 6.18 Å². The van der Waals surface area contributed by atoms with E-state index in [1.54, 1.807) is 38.1 Å². The zero-order valence-corrected chi connectivity index (χ0v) is 15.1. The topological polar surface area (TPSA) is 42.0 Å². The van der Waals surface area contributed by atoms with Gasteiger partial charge in [-0.05, 0) is 49.2 Å². The molecule has 0 saturated carbocycles. The molecule has 0 radical (unpaired) electrons. The van der Waals surface area contributed by atoms with Crippen LogP contribution in [-0.2, 0) is 6.18 Å². The highest BCUT2D eigenvalue weighted by molar-refractivity contribution is 7.13. The molecule has 27 heavy (non-hydrogen) atoms. The fourth-order valence-electron chi connectivity index (χ4n) is 2.62. The summed E-state index contributed by atoms with van der Waals surface area (Å²) in [5.41, 5.74) is 1.11. The third kappa shape index (κ3) is 4.00. The molecule has 0 saturated heterocycles. The molecule has 1 aromatic heterocycles. The van der Waals surface area contributed by atoms with Crippen molar-refractivity contribution in [1.29, 1.82) is 0 Å². The van der Waals surface area contributed by atoms with Crippen molar-refractivity contribution >= 4 is 22.9 Å². The number of rotatable bonds is 3. The lowest BCUT2D eigenvalue weighted by atomic mass is 10.1. The number of carbonyl (C=O) groups excluding carboxylic acids is 1. The Balaban J connectivity index is 1.85. The maximum absolute atomic E-state index is 13.9. The number of nitrogens with zero attached hydrogens (tertiary/aromatic N) is 1. The van der Waals surface area contributed by atoms with E-state index < -0.39 is 23.6 Å². The molecule has 1 N–H and O–H groups in total. The number of benzene rings is 2. The maximum atomic E-state index is 13.9. The van der Waals surface area contributed by atoms with Gasteiger partial charge in [0, 0.05) is 16.6 Å². The van der Waals surface area contributed by atoms with Crippen LogP contribution in [-0.4, -0.2) is 10.9 Å². The number of carbonyl (C=O) groups is 1. The van der Waals surface area contributed by atoms with Crippen molar-refractivity contribution < 1.29 is 22.4 Å². The Labute approximate surface area is 156 Å². The van der Waals surface area contributed by atoms with Crippen LogP contribution in [0.25, 0.3) is 10.6 Å². The number of anilines is 1. The molecule has 0 aliphatic heterocycles. The van der Waals surface area contributed by atoms with Crippen molar-refractivity contribution in [2.75, 3.05) is 5.32 Å². The van der Waals surface area contributed by atoms with E-state index in [0.717, 1.165) is 16.7 Å². The second-order valence-corrected chi connectivity index (χ2v) is 6.81. The number of hydrogen-bond donors (Lipinski definition) is 1. The van der Waals surface area contributed by atoms with Crippen LogP contribution in [0, 0.1) is 19.7 Å². The highest BCUT2D eigenvalue weighted by Crippen LogP contribution is 2.35. The molecule has 0 spiro atoms. The van der Waals surface area contributed by atoms with Crippen LogP contribution in [0.3, 0.4) is 0 Å². The largest absolute Gasteiger partial charge is 0.434 e. The Kier molecular flexibility index (Phi) is 5.01. The number of thiazole rings is 1. The van der Waals surface area contributed by atoms with E-state index in [0.29, 0.717) is 22.4 Å². The number of aryl methyl sites for hydroxylation is 2. The predicted molar refractivity (Wildman–Crippen MR) is 96.4 cm³/mol. The first-order valence-corrected chi connectivity index (χ1v) is 8.75. The second kappa shape index (κ2) is 7.11. The fourth-order valence-corrected chi connectivity index (χ4v) is 3.54. The highest BCUT2D eigenvalue weighted by Gasteiger charge is 2.33. The molecule has 0 aliphatic rings. The molecule has 3 aromatic rings. The van der Waals surface area contributed by atoms with Crippen LogP contribution in [0.4, 0.5) is 23.2 Å². The van der Waals surface area contributed by atoms with Gasteiger partial charge in [-0.3, -0.25) is 4.79 Å². The van der Waals surface area contributed by atoms with E-state index in [2.05, 4.69) is 10.3 Å². The van der Waals surface area contributed by atoms with E-state index in [4.69, 9.17) is 0 Å². The summed E-state index contributed by atoms with van der Waals surface area (Å²) < 4.78 is 52.1. The van der Waals surface area contributed by atoms with Gasteiger partial charge in [-0.2, -0.15) is 13.2 Å². The molecular weight excluding hydrogens is 380 g/mol. The van der Waals surface area contributed by atoms with Gasteiger partial charge in [0.15, 0.2) is 5.69 Å². The molecule has 8 heteroatoms. The van der Waals surface area contributed by atoms with E-state index in [9.17, 15) is 22.4 Å². The third-order valence-electron chi connectivity index (χ3n) is 3.96. The smallest absolute Gasteiger partial charge is 0.322 e. The summed E-state index contributed by atoms with van der Waals surface area (Å²) in [5.74, 6) is -1.21.